The van der Waals surface area contributed by atoms with Crippen molar-refractivity contribution in [2.75, 3.05) is 0 Å². The van der Waals surface area contributed by atoms with Gasteiger partial charge in [-0.2, -0.15) is 5.10 Å². The normalized spacial score (nSPS) is 13.7. The number of carbonyl (C=O) groups excluding carboxylic acids is 1. The zero-order valence-corrected chi connectivity index (χ0v) is 14.1. The number of hydrogen-bond donors (Lipinski definition) is 1. The van der Waals surface area contributed by atoms with Gasteiger partial charge in [-0.25, -0.2) is 8.42 Å². The highest BCUT2D eigenvalue weighted by Gasteiger charge is 2.24. The summed E-state index contributed by atoms with van der Waals surface area (Å²) in [7, 11) is -3.62. The van der Waals surface area contributed by atoms with Crippen LogP contribution in [0.2, 0.25) is 0 Å². The van der Waals surface area contributed by atoms with Crippen molar-refractivity contribution in [3.63, 3.8) is 0 Å². The first-order valence-electron chi connectivity index (χ1n) is 7.20. The van der Waals surface area contributed by atoms with E-state index < -0.39 is 21.2 Å². The van der Waals surface area contributed by atoms with Crippen LogP contribution in [-0.4, -0.2) is 29.4 Å². The Hall–Kier alpha value is -1.37. The zero-order valence-electron chi connectivity index (χ0n) is 13.3. The lowest BCUT2D eigenvalue weighted by molar-refractivity contribution is -0.118. The van der Waals surface area contributed by atoms with E-state index >= 15 is 0 Å². The molecule has 0 fully saturated rings. The molecule has 7 heteroatoms. The van der Waals surface area contributed by atoms with Gasteiger partial charge in [0.15, 0.2) is 0 Å². The molecule has 1 aromatic heterocycles. The van der Waals surface area contributed by atoms with Crippen LogP contribution in [0.5, 0.6) is 0 Å². The Labute approximate surface area is 127 Å². The molecule has 0 aliphatic carbocycles. The molecule has 1 atom stereocenters. The Morgan fingerprint density at radius 3 is 2.38 bits per heavy atom. The second kappa shape index (κ2) is 7.06. The van der Waals surface area contributed by atoms with Crippen molar-refractivity contribution in [3.8, 4) is 0 Å². The molecular formula is C14H25N3O3S. The first-order valence-corrected chi connectivity index (χ1v) is 8.75. The molecule has 0 unspecified atom stereocenters. The van der Waals surface area contributed by atoms with Crippen LogP contribution in [-0.2, 0) is 21.2 Å². The Morgan fingerprint density at radius 1 is 1.29 bits per heavy atom. The van der Waals surface area contributed by atoms with Gasteiger partial charge in [0, 0.05) is 12.2 Å². The lowest BCUT2D eigenvalue weighted by Crippen LogP contribution is -2.38. The Balaban J connectivity index is 2.63. The number of aromatic nitrogens is 2. The molecule has 1 N–H and O–H groups in total. The summed E-state index contributed by atoms with van der Waals surface area (Å²) in [4.78, 5) is 11.9. The van der Waals surface area contributed by atoms with Crippen molar-refractivity contribution in [3.05, 3.63) is 18.0 Å². The van der Waals surface area contributed by atoms with Gasteiger partial charge in [-0.15, -0.1) is 0 Å². The number of carbonyl (C=O) groups is 1. The SMILES string of the molecule is CC(C)C[C@@H](C)S(=O)(=O)NC(=O)Cc1ccn(C(C)C)n1. The second-order valence-electron chi connectivity index (χ2n) is 6.07. The smallest absolute Gasteiger partial charge is 0.239 e. The molecule has 0 bridgehead atoms. The first kappa shape index (κ1) is 17.7. The molecule has 21 heavy (non-hydrogen) atoms. The number of hydrogen-bond acceptors (Lipinski definition) is 4. The fraction of sp³-hybridized carbons (Fsp3) is 0.714. The highest BCUT2D eigenvalue weighted by molar-refractivity contribution is 7.90. The van der Waals surface area contributed by atoms with Gasteiger partial charge in [0.25, 0.3) is 0 Å². The summed E-state index contributed by atoms with van der Waals surface area (Å²) >= 11 is 0. The van der Waals surface area contributed by atoms with Gasteiger partial charge in [0.1, 0.15) is 0 Å². The summed E-state index contributed by atoms with van der Waals surface area (Å²) in [6.45, 7) is 9.48. The van der Waals surface area contributed by atoms with E-state index in [1.54, 1.807) is 23.9 Å². The van der Waals surface area contributed by atoms with E-state index in [9.17, 15) is 13.2 Å². The van der Waals surface area contributed by atoms with E-state index in [-0.39, 0.29) is 18.4 Å². The van der Waals surface area contributed by atoms with Gasteiger partial charge in [-0.1, -0.05) is 13.8 Å². The number of sulfonamides is 1. The number of amides is 1. The van der Waals surface area contributed by atoms with Crippen molar-refractivity contribution in [2.45, 2.75) is 58.8 Å². The summed E-state index contributed by atoms with van der Waals surface area (Å²) in [6.07, 6.45) is 2.26. The molecule has 0 radical (unpaired) electrons. The van der Waals surface area contributed by atoms with Crippen LogP contribution in [0.3, 0.4) is 0 Å². The highest BCUT2D eigenvalue weighted by Crippen LogP contribution is 2.11. The standard InChI is InChI=1S/C14H25N3O3S/c1-10(2)8-12(5)21(19,20)16-14(18)9-13-6-7-17(15-13)11(3)4/h6-7,10-12H,8-9H2,1-5H3,(H,16,18)/t12-/m1/s1. The van der Waals surface area contributed by atoms with Crippen LogP contribution in [0, 0.1) is 5.92 Å². The van der Waals surface area contributed by atoms with Gasteiger partial charge in [0.2, 0.25) is 15.9 Å². The van der Waals surface area contributed by atoms with Crippen molar-refractivity contribution >= 4 is 15.9 Å². The predicted molar refractivity (Wildman–Crippen MR) is 82.3 cm³/mol. The molecule has 0 spiro atoms. The molecule has 120 valence electrons. The average Bonchev–Trinajstić information content (AvgIpc) is 2.75. The van der Waals surface area contributed by atoms with Gasteiger partial charge >= 0.3 is 0 Å². The summed E-state index contributed by atoms with van der Waals surface area (Å²) in [5, 5.41) is 3.65. The molecule has 6 nitrogen and oxygen atoms in total. The maximum atomic E-state index is 12.0. The van der Waals surface area contributed by atoms with E-state index in [1.807, 2.05) is 27.7 Å². The second-order valence-corrected chi connectivity index (χ2v) is 8.17. The maximum absolute atomic E-state index is 12.0. The van der Waals surface area contributed by atoms with Crippen molar-refractivity contribution < 1.29 is 13.2 Å². The van der Waals surface area contributed by atoms with Crippen LogP contribution in [0.25, 0.3) is 0 Å². The third kappa shape index (κ3) is 5.49. The molecule has 0 saturated carbocycles. The summed E-state index contributed by atoms with van der Waals surface area (Å²) < 4.78 is 27.9. The van der Waals surface area contributed by atoms with Gasteiger partial charge < -0.3 is 0 Å². The van der Waals surface area contributed by atoms with Gasteiger partial charge in [-0.05, 0) is 39.2 Å². The number of rotatable bonds is 7. The third-order valence-electron chi connectivity index (χ3n) is 3.12. The molecule has 1 rings (SSSR count). The fourth-order valence-electron chi connectivity index (χ4n) is 2.01. The average molecular weight is 315 g/mol. The summed E-state index contributed by atoms with van der Waals surface area (Å²) in [5.74, 6) is -0.284. The quantitative estimate of drug-likeness (QED) is 0.833. The molecule has 1 heterocycles. The third-order valence-corrected chi connectivity index (χ3v) is 4.89. The van der Waals surface area contributed by atoms with Crippen molar-refractivity contribution in [1.29, 1.82) is 0 Å². The maximum Gasteiger partial charge on any atom is 0.239 e. The summed E-state index contributed by atoms with van der Waals surface area (Å²) in [5.41, 5.74) is 0.563. The minimum absolute atomic E-state index is 0.0344. The van der Waals surface area contributed by atoms with Crippen LogP contribution < -0.4 is 4.72 Å². The van der Waals surface area contributed by atoms with Crippen LogP contribution in [0.4, 0.5) is 0 Å². The Kier molecular flexibility index (Phi) is 5.95. The first-order chi connectivity index (χ1) is 9.61. The topological polar surface area (TPSA) is 81.1 Å². The van der Waals surface area contributed by atoms with Gasteiger partial charge in [0.05, 0.1) is 17.4 Å². The van der Waals surface area contributed by atoms with E-state index in [0.717, 1.165) is 0 Å². The molecule has 1 amide bonds. The van der Waals surface area contributed by atoms with Crippen molar-refractivity contribution in [2.24, 2.45) is 5.92 Å². The lowest BCUT2D eigenvalue weighted by atomic mass is 10.1. The number of nitrogens with zero attached hydrogens (tertiary/aromatic N) is 2. The van der Waals surface area contributed by atoms with Crippen LogP contribution in [0.15, 0.2) is 12.3 Å². The van der Waals surface area contributed by atoms with Crippen LogP contribution >= 0.6 is 0 Å². The number of nitrogens with one attached hydrogen (secondary N) is 1. The Bertz CT molecular complexity index is 576. The van der Waals surface area contributed by atoms with E-state index in [1.165, 1.54) is 0 Å². The lowest BCUT2D eigenvalue weighted by Gasteiger charge is -2.15. The van der Waals surface area contributed by atoms with Crippen LogP contribution in [0.1, 0.15) is 52.8 Å². The molecule has 0 aliphatic heterocycles. The molecule has 0 aromatic carbocycles. The molecule has 0 saturated heterocycles. The largest absolute Gasteiger partial charge is 0.274 e. The van der Waals surface area contributed by atoms with E-state index in [4.69, 9.17) is 0 Å². The Morgan fingerprint density at radius 2 is 1.90 bits per heavy atom. The highest BCUT2D eigenvalue weighted by atomic mass is 32.2. The summed E-state index contributed by atoms with van der Waals surface area (Å²) in [6, 6.07) is 1.93. The monoisotopic (exact) mass is 315 g/mol. The minimum Gasteiger partial charge on any atom is -0.274 e. The van der Waals surface area contributed by atoms with Crippen molar-refractivity contribution in [1.82, 2.24) is 14.5 Å². The zero-order chi connectivity index (χ0) is 16.2. The minimum atomic E-state index is -3.62. The predicted octanol–water partition coefficient (Wildman–Crippen LogP) is 1.89. The van der Waals surface area contributed by atoms with E-state index in [0.29, 0.717) is 12.1 Å². The molecular weight excluding hydrogens is 290 g/mol. The van der Waals surface area contributed by atoms with E-state index in [2.05, 4.69) is 9.82 Å². The van der Waals surface area contributed by atoms with Gasteiger partial charge in [-0.3, -0.25) is 14.2 Å². The fourth-order valence-corrected chi connectivity index (χ4v) is 3.24. The molecule has 0 aliphatic rings. The molecule has 1 aromatic rings.